The number of rotatable bonds is 6. The van der Waals surface area contributed by atoms with Crippen LogP contribution in [0.5, 0.6) is 0 Å². The maximum absolute atomic E-state index is 4.17. The van der Waals surface area contributed by atoms with Gasteiger partial charge < -0.3 is 9.88 Å². The molecule has 0 bridgehead atoms. The maximum atomic E-state index is 4.17. The van der Waals surface area contributed by atoms with Crippen molar-refractivity contribution in [1.82, 2.24) is 25.0 Å². The first-order valence-corrected chi connectivity index (χ1v) is 6.90. The summed E-state index contributed by atoms with van der Waals surface area (Å²) in [5, 5.41) is 11.7. The van der Waals surface area contributed by atoms with E-state index in [1.807, 2.05) is 6.33 Å². The molecule has 2 heterocycles. The molecule has 0 radical (unpaired) electrons. The Bertz CT molecular complexity index is 371. The van der Waals surface area contributed by atoms with E-state index in [-0.39, 0.29) is 0 Å². The Balaban J connectivity index is 1.83. The third kappa shape index (κ3) is 3.53. The summed E-state index contributed by atoms with van der Waals surface area (Å²) in [6, 6.07) is 0. The van der Waals surface area contributed by atoms with Crippen LogP contribution in [-0.2, 0) is 13.1 Å². The quantitative estimate of drug-likeness (QED) is 0.770. The zero-order valence-corrected chi connectivity index (χ0v) is 11.8. The summed E-state index contributed by atoms with van der Waals surface area (Å²) >= 11 is 0. The molecule has 0 aromatic carbocycles. The molecule has 5 heteroatoms. The van der Waals surface area contributed by atoms with Gasteiger partial charge in [-0.2, -0.15) is 0 Å². The average molecular weight is 251 g/mol. The van der Waals surface area contributed by atoms with Gasteiger partial charge in [0.15, 0.2) is 0 Å². The smallest absolute Gasteiger partial charge is 0.147 e. The third-order valence-electron chi connectivity index (χ3n) is 3.40. The second-order valence-corrected chi connectivity index (χ2v) is 5.99. The summed E-state index contributed by atoms with van der Waals surface area (Å²) in [5.74, 6) is 1.10. The molecule has 0 aliphatic carbocycles. The van der Waals surface area contributed by atoms with Crippen molar-refractivity contribution in [2.24, 2.45) is 5.41 Å². The molecule has 0 spiro atoms. The maximum Gasteiger partial charge on any atom is 0.147 e. The third-order valence-corrected chi connectivity index (χ3v) is 3.40. The molecule has 0 unspecified atom stereocenters. The van der Waals surface area contributed by atoms with Gasteiger partial charge in [0.1, 0.15) is 12.2 Å². The predicted octanol–water partition coefficient (Wildman–Crippen LogP) is 1.12. The zero-order chi connectivity index (χ0) is 13.0. The second kappa shape index (κ2) is 5.80. The number of hydrogen-bond acceptors (Lipinski definition) is 4. The molecule has 0 atom stereocenters. The summed E-state index contributed by atoms with van der Waals surface area (Å²) in [4.78, 5) is 2.48. The van der Waals surface area contributed by atoms with E-state index < -0.39 is 0 Å². The van der Waals surface area contributed by atoms with Gasteiger partial charge in [-0.25, -0.2) is 0 Å². The standard InChI is InChI=1S/C13H25N5/c1-4-5-14-9-13(2,3)10-17-6-7-18-11-15-16-12(18)8-17/h11,14H,4-10H2,1-3H3. The summed E-state index contributed by atoms with van der Waals surface area (Å²) in [5.41, 5.74) is 0.303. The van der Waals surface area contributed by atoms with Gasteiger partial charge >= 0.3 is 0 Å². The van der Waals surface area contributed by atoms with Gasteiger partial charge in [-0.3, -0.25) is 4.90 Å². The predicted molar refractivity (Wildman–Crippen MR) is 72.2 cm³/mol. The monoisotopic (exact) mass is 251 g/mol. The van der Waals surface area contributed by atoms with Crippen LogP contribution in [0.15, 0.2) is 6.33 Å². The summed E-state index contributed by atoms with van der Waals surface area (Å²) in [7, 11) is 0. The van der Waals surface area contributed by atoms with Gasteiger partial charge in [-0.15, -0.1) is 10.2 Å². The summed E-state index contributed by atoms with van der Waals surface area (Å²) in [6.07, 6.45) is 3.03. The molecular weight excluding hydrogens is 226 g/mol. The van der Waals surface area contributed by atoms with Gasteiger partial charge in [0.2, 0.25) is 0 Å². The molecule has 5 nitrogen and oxygen atoms in total. The lowest BCUT2D eigenvalue weighted by molar-refractivity contribution is 0.142. The van der Waals surface area contributed by atoms with Crippen molar-refractivity contribution in [2.75, 3.05) is 26.2 Å². The topological polar surface area (TPSA) is 46.0 Å². The zero-order valence-electron chi connectivity index (χ0n) is 11.8. The first-order valence-electron chi connectivity index (χ1n) is 6.90. The van der Waals surface area contributed by atoms with Crippen LogP contribution in [0, 0.1) is 5.41 Å². The van der Waals surface area contributed by atoms with Gasteiger partial charge in [0.25, 0.3) is 0 Å². The fourth-order valence-electron chi connectivity index (χ4n) is 2.52. The van der Waals surface area contributed by atoms with Gasteiger partial charge in [0, 0.05) is 26.2 Å². The van der Waals surface area contributed by atoms with Crippen molar-refractivity contribution in [3.8, 4) is 0 Å². The van der Waals surface area contributed by atoms with Crippen LogP contribution >= 0.6 is 0 Å². The summed E-state index contributed by atoms with van der Waals surface area (Å²) in [6.45, 7) is 13.2. The van der Waals surface area contributed by atoms with Crippen LogP contribution in [0.2, 0.25) is 0 Å². The molecule has 18 heavy (non-hydrogen) atoms. The molecular formula is C13H25N5. The number of nitrogens with zero attached hydrogens (tertiary/aromatic N) is 4. The minimum Gasteiger partial charge on any atom is -0.316 e. The van der Waals surface area contributed by atoms with Crippen molar-refractivity contribution < 1.29 is 0 Å². The van der Waals surface area contributed by atoms with Crippen LogP contribution < -0.4 is 5.32 Å². The Kier molecular flexibility index (Phi) is 4.35. The normalized spacial score (nSPS) is 16.8. The molecule has 0 saturated heterocycles. The van der Waals surface area contributed by atoms with Crippen molar-refractivity contribution in [3.05, 3.63) is 12.2 Å². The van der Waals surface area contributed by atoms with Crippen LogP contribution in [0.1, 0.15) is 33.0 Å². The molecule has 1 aromatic heterocycles. The molecule has 2 rings (SSSR count). The van der Waals surface area contributed by atoms with E-state index in [0.29, 0.717) is 5.41 Å². The van der Waals surface area contributed by atoms with E-state index in [1.54, 1.807) is 0 Å². The van der Waals surface area contributed by atoms with E-state index in [4.69, 9.17) is 0 Å². The molecule has 0 fully saturated rings. The molecule has 0 saturated carbocycles. The van der Waals surface area contributed by atoms with Crippen molar-refractivity contribution in [3.63, 3.8) is 0 Å². The van der Waals surface area contributed by atoms with Crippen molar-refractivity contribution in [1.29, 1.82) is 0 Å². The Morgan fingerprint density at radius 3 is 3.00 bits per heavy atom. The number of nitrogens with one attached hydrogen (secondary N) is 1. The van der Waals surface area contributed by atoms with Gasteiger partial charge in [-0.05, 0) is 18.4 Å². The second-order valence-electron chi connectivity index (χ2n) is 5.99. The Hall–Kier alpha value is -0.940. The first kappa shape index (κ1) is 13.5. The first-order chi connectivity index (χ1) is 8.61. The minimum atomic E-state index is 0.303. The Morgan fingerprint density at radius 2 is 2.22 bits per heavy atom. The highest BCUT2D eigenvalue weighted by molar-refractivity contribution is 4.91. The molecule has 1 N–H and O–H groups in total. The number of fused-ring (bicyclic) bond motifs is 1. The minimum absolute atomic E-state index is 0.303. The lowest BCUT2D eigenvalue weighted by Gasteiger charge is -2.35. The SMILES string of the molecule is CCCNCC(C)(C)CN1CCn2cnnc2C1. The highest BCUT2D eigenvalue weighted by Gasteiger charge is 2.25. The molecule has 0 amide bonds. The van der Waals surface area contributed by atoms with Gasteiger partial charge in [0.05, 0.1) is 6.54 Å². The van der Waals surface area contributed by atoms with Crippen LogP contribution in [0.3, 0.4) is 0 Å². The van der Waals surface area contributed by atoms with E-state index in [1.165, 1.54) is 6.42 Å². The fourth-order valence-corrected chi connectivity index (χ4v) is 2.52. The average Bonchev–Trinajstić information content (AvgIpc) is 2.75. The van der Waals surface area contributed by atoms with Crippen LogP contribution in [0.25, 0.3) is 0 Å². The fraction of sp³-hybridized carbons (Fsp3) is 0.846. The number of aromatic nitrogens is 3. The van der Waals surface area contributed by atoms with Crippen molar-refractivity contribution in [2.45, 2.75) is 40.3 Å². The highest BCUT2D eigenvalue weighted by atomic mass is 15.3. The molecule has 1 aromatic rings. The lowest BCUT2D eigenvalue weighted by Crippen LogP contribution is -2.43. The van der Waals surface area contributed by atoms with E-state index in [0.717, 1.165) is 45.1 Å². The molecule has 102 valence electrons. The van der Waals surface area contributed by atoms with E-state index in [2.05, 4.69) is 45.8 Å². The van der Waals surface area contributed by atoms with E-state index >= 15 is 0 Å². The summed E-state index contributed by atoms with van der Waals surface area (Å²) < 4.78 is 2.15. The lowest BCUT2D eigenvalue weighted by atomic mass is 9.92. The molecule has 1 aliphatic rings. The Morgan fingerprint density at radius 1 is 1.39 bits per heavy atom. The van der Waals surface area contributed by atoms with E-state index in [9.17, 15) is 0 Å². The Labute approximate surface area is 110 Å². The number of hydrogen-bond donors (Lipinski definition) is 1. The largest absolute Gasteiger partial charge is 0.316 e. The van der Waals surface area contributed by atoms with Crippen LogP contribution in [-0.4, -0.2) is 45.8 Å². The van der Waals surface area contributed by atoms with Gasteiger partial charge in [-0.1, -0.05) is 20.8 Å². The molecule has 1 aliphatic heterocycles. The van der Waals surface area contributed by atoms with Crippen LogP contribution in [0.4, 0.5) is 0 Å². The van der Waals surface area contributed by atoms with Crippen molar-refractivity contribution >= 4 is 0 Å². The highest BCUT2D eigenvalue weighted by Crippen LogP contribution is 2.19.